The van der Waals surface area contributed by atoms with E-state index in [1.165, 1.54) is 30.2 Å². The molecule has 1 aromatic carbocycles. The summed E-state index contributed by atoms with van der Waals surface area (Å²) >= 11 is 0. The van der Waals surface area contributed by atoms with Crippen LogP contribution >= 0.6 is 0 Å². The summed E-state index contributed by atoms with van der Waals surface area (Å²) in [6, 6.07) is 3.92. The van der Waals surface area contributed by atoms with Crippen LogP contribution in [0.4, 0.5) is 9.18 Å². The standard InChI is InChI=1S/C16H25FN2O4/c1-16(2,3)18-15(21)23-13(14(20)19(4)5)10-7-11(17)9-12(8-10)22-6/h7-9,13-14,20H,1-6H3,(H,18,21). The van der Waals surface area contributed by atoms with Crippen LogP contribution in [-0.2, 0) is 4.74 Å². The minimum atomic E-state index is -1.15. The summed E-state index contributed by atoms with van der Waals surface area (Å²) in [5.74, 6) is -0.272. The highest BCUT2D eigenvalue weighted by molar-refractivity contribution is 5.68. The largest absolute Gasteiger partial charge is 0.497 e. The first-order chi connectivity index (χ1) is 10.5. The second-order valence-corrected chi connectivity index (χ2v) is 6.50. The number of ether oxygens (including phenoxy) is 2. The van der Waals surface area contributed by atoms with Gasteiger partial charge in [0.2, 0.25) is 0 Å². The maximum Gasteiger partial charge on any atom is 0.408 e. The molecule has 0 bridgehead atoms. The molecular formula is C16H25FN2O4. The quantitative estimate of drug-likeness (QED) is 0.812. The summed E-state index contributed by atoms with van der Waals surface area (Å²) in [6.45, 7) is 5.41. The van der Waals surface area contributed by atoms with Gasteiger partial charge in [-0.2, -0.15) is 0 Å². The van der Waals surface area contributed by atoms with Crippen LogP contribution in [0.15, 0.2) is 18.2 Å². The lowest BCUT2D eigenvalue weighted by Crippen LogP contribution is -2.44. The van der Waals surface area contributed by atoms with Crippen LogP contribution in [0.25, 0.3) is 0 Å². The molecule has 0 radical (unpaired) electrons. The highest BCUT2D eigenvalue weighted by Crippen LogP contribution is 2.27. The zero-order chi connectivity index (χ0) is 17.8. The summed E-state index contributed by atoms with van der Waals surface area (Å²) in [5.41, 5.74) is -0.197. The van der Waals surface area contributed by atoms with E-state index < -0.39 is 29.8 Å². The monoisotopic (exact) mass is 328 g/mol. The number of benzene rings is 1. The number of nitrogens with zero attached hydrogens (tertiary/aromatic N) is 1. The zero-order valence-corrected chi connectivity index (χ0v) is 14.4. The van der Waals surface area contributed by atoms with Crippen molar-refractivity contribution < 1.29 is 23.8 Å². The number of methoxy groups -OCH3 is 1. The van der Waals surface area contributed by atoms with E-state index in [4.69, 9.17) is 9.47 Å². The summed E-state index contributed by atoms with van der Waals surface area (Å²) < 4.78 is 24.1. The van der Waals surface area contributed by atoms with E-state index in [1.807, 2.05) is 0 Å². The van der Waals surface area contributed by atoms with E-state index in [0.29, 0.717) is 5.56 Å². The van der Waals surface area contributed by atoms with Crippen molar-refractivity contribution in [1.29, 1.82) is 0 Å². The van der Waals surface area contributed by atoms with Gasteiger partial charge in [-0.3, -0.25) is 4.90 Å². The van der Waals surface area contributed by atoms with Gasteiger partial charge in [0.1, 0.15) is 17.8 Å². The molecule has 7 heteroatoms. The van der Waals surface area contributed by atoms with Gasteiger partial charge in [-0.1, -0.05) is 0 Å². The third kappa shape index (κ3) is 6.03. The number of likely N-dealkylation sites (N-methyl/N-ethyl adjacent to an activating group) is 1. The molecule has 1 aromatic rings. The normalized spacial score (nSPS) is 14.3. The van der Waals surface area contributed by atoms with Crippen LogP contribution < -0.4 is 10.1 Å². The fourth-order valence-electron chi connectivity index (χ4n) is 1.89. The van der Waals surface area contributed by atoms with Crippen molar-refractivity contribution in [3.63, 3.8) is 0 Å². The molecule has 1 amide bonds. The summed E-state index contributed by atoms with van der Waals surface area (Å²) in [4.78, 5) is 13.5. The molecule has 0 spiro atoms. The lowest BCUT2D eigenvalue weighted by Gasteiger charge is -2.30. The molecule has 0 aliphatic carbocycles. The minimum Gasteiger partial charge on any atom is -0.497 e. The molecule has 130 valence electrons. The second kappa shape index (κ2) is 7.61. The average Bonchev–Trinajstić information content (AvgIpc) is 2.41. The smallest absolute Gasteiger partial charge is 0.408 e. The van der Waals surface area contributed by atoms with Crippen molar-refractivity contribution in [2.75, 3.05) is 21.2 Å². The van der Waals surface area contributed by atoms with Crippen LogP contribution in [-0.4, -0.2) is 49.1 Å². The van der Waals surface area contributed by atoms with Crippen molar-refractivity contribution in [2.24, 2.45) is 0 Å². The van der Waals surface area contributed by atoms with Gasteiger partial charge in [0.05, 0.1) is 7.11 Å². The van der Waals surface area contributed by atoms with Gasteiger partial charge >= 0.3 is 6.09 Å². The Labute approximate surface area is 136 Å². The predicted octanol–water partition coefficient (Wildman–Crippen LogP) is 2.28. The highest BCUT2D eigenvalue weighted by Gasteiger charge is 2.29. The second-order valence-electron chi connectivity index (χ2n) is 6.50. The van der Waals surface area contributed by atoms with E-state index >= 15 is 0 Å². The van der Waals surface area contributed by atoms with E-state index in [2.05, 4.69) is 5.32 Å². The van der Waals surface area contributed by atoms with E-state index in [9.17, 15) is 14.3 Å². The third-order valence-corrected chi connectivity index (χ3v) is 2.97. The first-order valence-corrected chi connectivity index (χ1v) is 7.21. The molecule has 2 atom stereocenters. The maximum absolute atomic E-state index is 13.7. The summed E-state index contributed by atoms with van der Waals surface area (Å²) in [6.07, 6.45) is -2.92. The number of nitrogens with one attached hydrogen (secondary N) is 1. The average molecular weight is 328 g/mol. The number of aliphatic hydroxyl groups excluding tert-OH is 1. The molecule has 23 heavy (non-hydrogen) atoms. The van der Waals surface area contributed by atoms with Crippen LogP contribution in [0, 0.1) is 5.82 Å². The van der Waals surface area contributed by atoms with Crippen molar-refractivity contribution in [1.82, 2.24) is 10.2 Å². The van der Waals surface area contributed by atoms with E-state index in [0.717, 1.165) is 0 Å². The lowest BCUT2D eigenvalue weighted by molar-refractivity contribution is -0.0701. The van der Waals surface area contributed by atoms with Gasteiger partial charge < -0.3 is 19.9 Å². The minimum absolute atomic E-state index is 0.274. The van der Waals surface area contributed by atoms with Crippen molar-refractivity contribution in [3.8, 4) is 5.75 Å². The van der Waals surface area contributed by atoms with Gasteiger partial charge in [-0.15, -0.1) is 0 Å². The van der Waals surface area contributed by atoms with Crippen molar-refractivity contribution in [2.45, 2.75) is 38.6 Å². The molecule has 0 aliphatic heterocycles. The molecule has 0 aromatic heterocycles. The number of carbonyl (C=O) groups is 1. The number of carbonyl (C=O) groups excluding carboxylic acids is 1. The number of hydrogen-bond donors (Lipinski definition) is 2. The molecule has 0 saturated heterocycles. The van der Waals surface area contributed by atoms with E-state index in [-0.39, 0.29) is 5.75 Å². The van der Waals surface area contributed by atoms with Gasteiger partial charge in [-0.05, 0) is 47.0 Å². The van der Waals surface area contributed by atoms with Gasteiger partial charge in [0.25, 0.3) is 0 Å². The Balaban J connectivity index is 3.11. The van der Waals surface area contributed by atoms with Crippen molar-refractivity contribution >= 4 is 6.09 Å². The van der Waals surface area contributed by atoms with Crippen molar-refractivity contribution in [3.05, 3.63) is 29.6 Å². The Morgan fingerprint density at radius 3 is 2.39 bits per heavy atom. The molecule has 0 aliphatic rings. The molecule has 1 rings (SSSR count). The molecule has 2 N–H and O–H groups in total. The predicted molar refractivity (Wildman–Crippen MR) is 84.8 cm³/mol. The number of hydrogen-bond acceptors (Lipinski definition) is 5. The van der Waals surface area contributed by atoms with Crippen LogP contribution in [0.5, 0.6) is 5.75 Å². The maximum atomic E-state index is 13.7. The first-order valence-electron chi connectivity index (χ1n) is 7.21. The lowest BCUT2D eigenvalue weighted by atomic mass is 10.1. The molecule has 6 nitrogen and oxygen atoms in total. The summed E-state index contributed by atoms with van der Waals surface area (Å²) in [7, 11) is 4.65. The Hall–Kier alpha value is -1.86. The number of aliphatic hydroxyl groups is 1. The number of halogens is 1. The van der Waals surface area contributed by atoms with E-state index in [1.54, 1.807) is 34.9 Å². The van der Waals surface area contributed by atoms with Gasteiger partial charge in [-0.25, -0.2) is 9.18 Å². The fraction of sp³-hybridized carbons (Fsp3) is 0.562. The molecule has 0 heterocycles. The molecule has 2 unspecified atom stereocenters. The molecule has 0 saturated carbocycles. The number of amides is 1. The third-order valence-electron chi connectivity index (χ3n) is 2.97. The topological polar surface area (TPSA) is 71.0 Å². The molecular weight excluding hydrogens is 303 g/mol. The Bertz CT molecular complexity index is 543. The Kier molecular flexibility index (Phi) is 6.35. The number of rotatable bonds is 5. The van der Waals surface area contributed by atoms with Crippen LogP contribution in [0.3, 0.4) is 0 Å². The zero-order valence-electron chi connectivity index (χ0n) is 14.4. The Morgan fingerprint density at radius 1 is 1.30 bits per heavy atom. The molecule has 0 fully saturated rings. The van der Waals surface area contributed by atoms with Crippen LogP contribution in [0.2, 0.25) is 0 Å². The van der Waals surface area contributed by atoms with Crippen LogP contribution in [0.1, 0.15) is 32.4 Å². The summed E-state index contributed by atoms with van der Waals surface area (Å²) in [5, 5.41) is 12.9. The number of alkyl carbamates (subject to hydrolysis) is 1. The van der Waals surface area contributed by atoms with Gasteiger partial charge in [0.15, 0.2) is 6.10 Å². The highest BCUT2D eigenvalue weighted by atomic mass is 19.1. The SMILES string of the molecule is COc1cc(F)cc(C(OC(=O)NC(C)(C)C)C(O)N(C)C)c1. The Morgan fingerprint density at radius 2 is 1.91 bits per heavy atom. The van der Waals surface area contributed by atoms with Gasteiger partial charge in [0, 0.05) is 17.2 Å². The first kappa shape index (κ1) is 19.2. The fourth-order valence-corrected chi connectivity index (χ4v) is 1.89.